The molecule has 0 amide bonds. The molecule has 0 aliphatic rings. The summed E-state index contributed by atoms with van der Waals surface area (Å²) in [6, 6.07) is 11.1. The first kappa shape index (κ1) is 22.5. The molecule has 0 aliphatic carbocycles. The Morgan fingerprint density at radius 1 is 1.14 bits per heavy atom. The number of halogens is 3. The molecule has 3 rings (SSSR count). The zero-order valence-corrected chi connectivity index (χ0v) is 19.1. The van der Waals surface area contributed by atoms with Crippen LogP contribution in [-0.4, -0.2) is 40.3 Å². The van der Waals surface area contributed by atoms with Crippen LogP contribution in [0.4, 0.5) is 0 Å². The van der Waals surface area contributed by atoms with E-state index in [0.717, 1.165) is 18.0 Å². The lowest BCUT2D eigenvalue weighted by Crippen LogP contribution is -2.39. The number of nitrogens with zero attached hydrogens (tertiary/aromatic N) is 4. The summed E-state index contributed by atoms with van der Waals surface area (Å²) in [5.74, 6) is 2.00. The van der Waals surface area contributed by atoms with Gasteiger partial charge in [0.2, 0.25) is 0 Å². The van der Waals surface area contributed by atoms with Gasteiger partial charge in [0.1, 0.15) is 23.9 Å². The van der Waals surface area contributed by atoms with Crippen LogP contribution >= 0.6 is 47.2 Å². The summed E-state index contributed by atoms with van der Waals surface area (Å²) in [5, 5.41) is 15.6. The first-order valence-corrected chi connectivity index (χ1v) is 9.32. The molecule has 0 spiro atoms. The topological polar surface area (TPSA) is 75.8 Å². The van der Waals surface area contributed by atoms with Gasteiger partial charge in [-0.05, 0) is 31.2 Å². The van der Waals surface area contributed by atoms with E-state index >= 15 is 0 Å². The van der Waals surface area contributed by atoms with Crippen LogP contribution in [0.25, 0.3) is 5.65 Å². The van der Waals surface area contributed by atoms with E-state index in [-0.39, 0.29) is 24.0 Å². The maximum Gasteiger partial charge on any atom is 0.191 e. The second kappa shape index (κ2) is 11.3. The third-order valence-corrected chi connectivity index (χ3v) is 4.48. The lowest BCUT2D eigenvalue weighted by atomic mass is 10.3. The van der Waals surface area contributed by atoms with Gasteiger partial charge < -0.3 is 15.4 Å². The Labute approximate surface area is 190 Å². The van der Waals surface area contributed by atoms with Crippen molar-refractivity contribution in [2.24, 2.45) is 4.99 Å². The lowest BCUT2D eigenvalue weighted by molar-refractivity contribution is 0.322. The van der Waals surface area contributed by atoms with E-state index in [1.807, 2.05) is 35.7 Å². The van der Waals surface area contributed by atoms with Gasteiger partial charge in [-0.25, -0.2) is 4.99 Å². The van der Waals surface area contributed by atoms with Crippen molar-refractivity contribution in [3.05, 3.63) is 58.5 Å². The van der Waals surface area contributed by atoms with Crippen LogP contribution in [0.1, 0.15) is 12.7 Å². The lowest BCUT2D eigenvalue weighted by Gasteiger charge is -2.12. The van der Waals surface area contributed by atoms with Crippen molar-refractivity contribution in [2.45, 2.75) is 13.5 Å². The minimum absolute atomic E-state index is 0. The minimum Gasteiger partial charge on any atom is -0.490 e. The van der Waals surface area contributed by atoms with Crippen molar-refractivity contribution in [1.29, 1.82) is 0 Å². The molecule has 0 unspecified atom stereocenters. The molecule has 0 aliphatic heterocycles. The summed E-state index contributed by atoms with van der Waals surface area (Å²) in [6.45, 7) is 4.12. The highest BCUT2D eigenvalue weighted by atomic mass is 127. The standard InChI is InChI=1S/C18H20Cl2N6O.HI/c1-2-21-18(22-9-11-27-14-7-5-6-13(19)17(14)20)23-12-16-25-24-15-8-3-4-10-26(15)16;/h3-8,10H,2,9,11-12H2,1H3,(H2,21,22,23);1H. The van der Waals surface area contributed by atoms with Gasteiger partial charge in [0.15, 0.2) is 17.4 Å². The van der Waals surface area contributed by atoms with Gasteiger partial charge in [-0.3, -0.25) is 4.40 Å². The number of ether oxygens (including phenoxy) is 1. The number of nitrogens with one attached hydrogen (secondary N) is 2. The Hall–Kier alpha value is -1.78. The highest BCUT2D eigenvalue weighted by molar-refractivity contribution is 14.0. The Morgan fingerprint density at radius 2 is 2.00 bits per heavy atom. The third-order valence-electron chi connectivity index (χ3n) is 3.68. The summed E-state index contributed by atoms with van der Waals surface area (Å²) in [6.07, 6.45) is 1.92. The quantitative estimate of drug-likeness (QED) is 0.209. The molecule has 2 aromatic heterocycles. The Kier molecular flexibility index (Phi) is 9.07. The molecule has 150 valence electrons. The molecule has 0 saturated carbocycles. The van der Waals surface area contributed by atoms with E-state index in [9.17, 15) is 0 Å². The van der Waals surface area contributed by atoms with Crippen molar-refractivity contribution in [2.75, 3.05) is 19.7 Å². The number of benzene rings is 1. The molecule has 1 aromatic carbocycles. The molecule has 7 nitrogen and oxygen atoms in total. The van der Waals surface area contributed by atoms with Gasteiger partial charge in [-0.1, -0.05) is 35.3 Å². The molecule has 0 saturated heterocycles. The number of aromatic nitrogens is 3. The molecule has 0 bridgehead atoms. The van der Waals surface area contributed by atoms with Crippen molar-refractivity contribution in [3.8, 4) is 5.75 Å². The smallest absolute Gasteiger partial charge is 0.191 e. The first-order valence-electron chi connectivity index (χ1n) is 8.56. The molecule has 3 aromatic rings. The maximum absolute atomic E-state index is 6.11. The summed E-state index contributed by atoms with van der Waals surface area (Å²) >= 11 is 12.1. The number of hydrogen-bond acceptors (Lipinski definition) is 4. The minimum atomic E-state index is 0. The average Bonchev–Trinajstić information content (AvgIpc) is 3.09. The first-order chi connectivity index (χ1) is 13.2. The molecule has 28 heavy (non-hydrogen) atoms. The molecule has 0 fully saturated rings. The van der Waals surface area contributed by atoms with E-state index in [2.05, 4.69) is 25.8 Å². The van der Waals surface area contributed by atoms with E-state index in [1.54, 1.807) is 18.2 Å². The van der Waals surface area contributed by atoms with Crippen LogP contribution in [0.15, 0.2) is 47.6 Å². The van der Waals surface area contributed by atoms with Crippen molar-refractivity contribution in [3.63, 3.8) is 0 Å². The van der Waals surface area contributed by atoms with E-state index in [4.69, 9.17) is 27.9 Å². The largest absolute Gasteiger partial charge is 0.490 e. The molecular formula is C18H21Cl2IN6O. The average molecular weight is 535 g/mol. The van der Waals surface area contributed by atoms with Crippen LogP contribution in [0, 0.1) is 0 Å². The second-order valence-electron chi connectivity index (χ2n) is 5.57. The van der Waals surface area contributed by atoms with E-state index in [0.29, 0.717) is 41.5 Å². The molecule has 2 heterocycles. The van der Waals surface area contributed by atoms with Gasteiger partial charge in [0, 0.05) is 12.7 Å². The molecule has 10 heteroatoms. The monoisotopic (exact) mass is 534 g/mol. The summed E-state index contributed by atoms with van der Waals surface area (Å²) in [7, 11) is 0. The Balaban J connectivity index is 0.00000280. The fraction of sp³-hybridized carbons (Fsp3) is 0.278. The number of guanidine groups is 1. The zero-order valence-electron chi connectivity index (χ0n) is 15.2. The maximum atomic E-state index is 6.11. The fourth-order valence-corrected chi connectivity index (χ4v) is 2.76. The normalized spacial score (nSPS) is 11.2. The summed E-state index contributed by atoms with van der Waals surface area (Å²) in [4.78, 5) is 4.55. The van der Waals surface area contributed by atoms with Crippen LogP contribution in [0.5, 0.6) is 5.75 Å². The molecule has 0 radical (unpaired) electrons. The highest BCUT2D eigenvalue weighted by Gasteiger charge is 2.06. The van der Waals surface area contributed by atoms with Crippen LogP contribution in [0.3, 0.4) is 0 Å². The zero-order chi connectivity index (χ0) is 19.1. The predicted molar refractivity (Wildman–Crippen MR) is 123 cm³/mol. The number of fused-ring (bicyclic) bond motifs is 1. The van der Waals surface area contributed by atoms with Gasteiger partial charge in [0.25, 0.3) is 0 Å². The van der Waals surface area contributed by atoms with Crippen LogP contribution in [0.2, 0.25) is 10.0 Å². The van der Waals surface area contributed by atoms with E-state index < -0.39 is 0 Å². The number of rotatable bonds is 7. The predicted octanol–water partition coefficient (Wildman–Crippen LogP) is 3.79. The van der Waals surface area contributed by atoms with E-state index in [1.165, 1.54) is 0 Å². The van der Waals surface area contributed by atoms with Crippen molar-refractivity contribution in [1.82, 2.24) is 25.2 Å². The third kappa shape index (κ3) is 5.86. The van der Waals surface area contributed by atoms with Gasteiger partial charge in [-0.2, -0.15) is 0 Å². The molecule has 0 atom stereocenters. The SMILES string of the molecule is CCNC(=NCc1nnc2ccccn12)NCCOc1cccc(Cl)c1Cl.I. The molecular weight excluding hydrogens is 514 g/mol. The van der Waals surface area contributed by atoms with Crippen LogP contribution in [-0.2, 0) is 6.54 Å². The fourth-order valence-electron chi connectivity index (χ4n) is 2.42. The number of hydrogen-bond donors (Lipinski definition) is 2. The van der Waals surface area contributed by atoms with Crippen molar-refractivity contribution < 1.29 is 4.74 Å². The second-order valence-corrected chi connectivity index (χ2v) is 6.35. The van der Waals surface area contributed by atoms with Gasteiger partial charge in [-0.15, -0.1) is 34.2 Å². The Morgan fingerprint density at radius 3 is 2.82 bits per heavy atom. The van der Waals surface area contributed by atoms with Gasteiger partial charge >= 0.3 is 0 Å². The van der Waals surface area contributed by atoms with Gasteiger partial charge in [0.05, 0.1) is 11.6 Å². The van der Waals surface area contributed by atoms with Crippen molar-refractivity contribution >= 4 is 58.8 Å². The Bertz CT molecular complexity index is 933. The summed E-state index contributed by atoms with van der Waals surface area (Å²) in [5.41, 5.74) is 0.799. The number of aliphatic imine (C=N–C) groups is 1. The van der Waals surface area contributed by atoms with Crippen LogP contribution < -0.4 is 15.4 Å². The highest BCUT2D eigenvalue weighted by Crippen LogP contribution is 2.31. The summed E-state index contributed by atoms with van der Waals surface area (Å²) < 4.78 is 7.58. The molecule has 2 N–H and O–H groups in total. The number of pyridine rings is 1.